The summed E-state index contributed by atoms with van der Waals surface area (Å²) in [5.41, 5.74) is 3.84. The van der Waals surface area contributed by atoms with Crippen molar-refractivity contribution in [3.05, 3.63) is 59.6 Å². The second kappa shape index (κ2) is 15.0. The molecule has 1 aromatic heterocycles. The molecule has 1 aliphatic rings. The van der Waals surface area contributed by atoms with E-state index in [0.29, 0.717) is 31.0 Å². The molecule has 2 heterocycles. The molecule has 0 saturated carbocycles. The van der Waals surface area contributed by atoms with E-state index in [2.05, 4.69) is 15.4 Å². The number of hydrogen-bond acceptors (Lipinski definition) is 8. The Bertz CT molecular complexity index is 1280. The molecule has 3 rings (SSSR count). The maximum absolute atomic E-state index is 13.9. The Hall–Kier alpha value is -3.35. The number of ether oxygens (including phenoxy) is 1. The number of hydroxylamine groups is 1. The number of aryl methyl sites for hydroxylation is 2. The highest BCUT2D eigenvalue weighted by Crippen LogP contribution is 2.25. The van der Waals surface area contributed by atoms with E-state index in [1.54, 1.807) is 19.9 Å². The normalized spacial score (nSPS) is 16.5. The number of nitrogens with one attached hydrogen (secondary N) is 1. The fourth-order valence-electron chi connectivity index (χ4n) is 4.37. The third-order valence-electron chi connectivity index (χ3n) is 6.35. The van der Waals surface area contributed by atoms with E-state index >= 15 is 0 Å². The van der Waals surface area contributed by atoms with E-state index < -0.39 is 34.2 Å². The van der Waals surface area contributed by atoms with Crippen LogP contribution < -0.4 is 9.89 Å². The zero-order valence-corrected chi connectivity index (χ0v) is 25.3. The Labute approximate surface area is 242 Å². The standard InChI is InChI=1S/C29H41N5O6S/c1-21(2)17-18-27(35)33(34(41(5,37)38)26-20-22(3)30-23(4)31-26)25(15-11-14-24-12-7-6-8-13-24)29(36)32-40-28-16-9-10-19-39-28/h6-8,11-14,20-21,25,28H,9-10,15-19H2,1-5H3,(H,32,36)/t25?,28-/m0/s1. The number of nitrogens with zero attached hydrogens (tertiary/aromatic N) is 4. The molecule has 2 aromatic rings. The lowest BCUT2D eigenvalue weighted by atomic mass is 10.1. The molecular weight excluding hydrogens is 546 g/mol. The van der Waals surface area contributed by atoms with Gasteiger partial charge in [0, 0.05) is 31.2 Å². The first kappa shape index (κ1) is 32.2. The van der Waals surface area contributed by atoms with Crippen molar-refractivity contribution >= 4 is 33.7 Å². The third kappa shape index (κ3) is 9.91. The number of rotatable bonds is 13. The fourth-order valence-corrected chi connectivity index (χ4v) is 5.33. The quantitative estimate of drug-likeness (QED) is 0.347. The molecule has 12 heteroatoms. The Morgan fingerprint density at radius 1 is 1.17 bits per heavy atom. The molecule has 1 aliphatic heterocycles. The molecule has 2 amide bonds. The van der Waals surface area contributed by atoms with Crippen LogP contribution in [-0.4, -0.2) is 60.4 Å². The summed E-state index contributed by atoms with van der Waals surface area (Å²) < 4.78 is 33.1. The largest absolute Gasteiger partial charge is 0.350 e. The number of carbonyl (C=O) groups is 2. The van der Waals surface area contributed by atoms with Crippen molar-refractivity contribution in [2.75, 3.05) is 17.3 Å². The second-order valence-electron chi connectivity index (χ2n) is 10.5. The molecule has 41 heavy (non-hydrogen) atoms. The van der Waals surface area contributed by atoms with Crippen molar-refractivity contribution in [1.82, 2.24) is 20.5 Å². The van der Waals surface area contributed by atoms with Crippen molar-refractivity contribution in [3.8, 4) is 0 Å². The molecule has 0 aliphatic carbocycles. The van der Waals surface area contributed by atoms with Crippen LogP contribution in [0.2, 0.25) is 0 Å². The minimum Gasteiger partial charge on any atom is -0.350 e. The molecule has 2 atom stereocenters. The first-order valence-electron chi connectivity index (χ1n) is 13.9. The topological polar surface area (TPSA) is 131 Å². The molecule has 1 unspecified atom stereocenters. The van der Waals surface area contributed by atoms with Gasteiger partial charge in [0.05, 0.1) is 6.26 Å². The Morgan fingerprint density at radius 2 is 1.90 bits per heavy atom. The van der Waals surface area contributed by atoms with E-state index in [0.717, 1.165) is 34.1 Å². The molecule has 0 radical (unpaired) electrons. The molecule has 1 saturated heterocycles. The summed E-state index contributed by atoms with van der Waals surface area (Å²) in [6.45, 7) is 7.78. The average molecular weight is 588 g/mol. The summed E-state index contributed by atoms with van der Waals surface area (Å²) in [6.07, 6.45) is 6.80. The molecule has 1 fully saturated rings. The van der Waals surface area contributed by atoms with Gasteiger partial charge in [0.2, 0.25) is 5.91 Å². The van der Waals surface area contributed by atoms with Crippen molar-refractivity contribution in [2.24, 2.45) is 5.92 Å². The van der Waals surface area contributed by atoms with E-state index in [1.807, 2.05) is 50.3 Å². The van der Waals surface area contributed by atoms with E-state index in [4.69, 9.17) is 9.57 Å². The molecule has 224 valence electrons. The summed E-state index contributed by atoms with van der Waals surface area (Å²) in [5.74, 6) is -0.762. The highest BCUT2D eigenvalue weighted by molar-refractivity contribution is 7.92. The summed E-state index contributed by atoms with van der Waals surface area (Å²) in [6, 6.07) is 9.64. The van der Waals surface area contributed by atoms with E-state index in [-0.39, 0.29) is 24.6 Å². The minimum atomic E-state index is -4.15. The SMILES string of the molecule is Cc1cc(N(N(C(=O)CCC(C)C)C(CC=Cc2ccccc2)C(=O)NO[C@H]2CCCCO2)S(C)(=O)=O)nc(C)n1. The maximum atomic E-state index is 13.9. The molecule has 11 nitrogen and oxygen atoms in total. The Kier molecular flexibility index (Phi) is 11.8. The van der Waals surface area contributed by atoms with Crippen LogP contribution in [0.3, 0.4) is 0 Å². The van der Waals surface area contributed by atoms with Gasteiger partial charge in [0.1, 0.15) is 11.9 Å². The lowest BCUT2D eigenvalue weighted by molar-refractivity contribution is -0.202. The van der Waals surface area contributed by atoms with Gasteiger partial charge in [-0.05, 0) is 51.0 Å². The van der Waals surface area contributed by atoms with Crippen LogP contribution in [0.15, 0.2) is 42.5 Å². The maximum Gasteiger partial charge on any atom is 0.268 e. The van der Waals surface area contributed by atoms with Crippen molar-refractivity contribution < 1.29 is 27.6 Å². The van der Waals surface area contributed by atoms with E-state index in [9.17, 15) is 18.0 Å². The summed E-state index contributed by atoms with van der Waals surface area (Å²) in [4.78, 5) is 41.7. The number of hydrazine groups is 1. The van der Waals surface area contributed by atoms with Gasteiger partial charge in [0.15, 0.2) is 12.1 Å². The number of amides is 2. The smallest absolute Gasteiger partial charge is 0.268 e. The number of anilines is 1. The van der Waals surface area contributed by atoms with Crippen LogP contribution in [-0.2, 0) is 29.2 Å². The number of benzene rings is 1. The van der Waals surface area contributed by atoms with Gasteiger partial charge >= 0.3 is 0 Å². The zero-order valence-electron chi connectivity index (χ0n) is 24.4. The summed E-state index contributed by atoms with van der Waals surface area (Å²) >= 11 is 0. The molecule has 0 spiro atoms. The van der Waals surface area contributed by atoms with Gasteiger partial charge in [-0.2, -0.15) is 4.41 Å². The van der Waals surface area contributed by atoms with Gasteiger partial charge in [-0.25, -0.2) is 33.7 Å². The van der Waals surface area contributed by atoms with Crippen molar-refractivity contribution in [2.45, 2.75) is 78.6 Å². The third-order valence-corrected chi connectivity index (χ3v) is 7.34. The van der Waals surface area contributed by atoms with Crippen LogP contribution in [0.5, 0.6) is 0 Å². The predicted octanol–water partition coefficient (Wildman–Crippen LogP) is 4.09. The van der Waals surface area contributed by atoms with Crippen LogP contribution in [0.1, 0.15) is 69.5 Å². The van der Waals surface area contributed by atoms with Gasteiger partial charge in [-0.1, -0.05) is 56.3 Å². The first-order valence-corrected chi connectivity index (χ1v) is 15.7. The van der Waals surface area contributed by atoms with Crippen LogP contribution in [0.4, 0.5) is 5.82 Å². The highest BCUT2D eigenvalue weighted by Gasteiger charge is 2.39. The lowest BCUT2D eigenvalue weighted by Gasteiger charge is -2.38. The van der Waals surface area contributed by atoms with Crippen LogP contribution >= 0.6 is 0 Å². The molecular formula is C29H41N5O6S. The van der Waals surface area contributed by atoms with Gasteiger partial charge in [-0.3, -0.25) is 9.59 Å². The average Bonchev–Trinajstić information content (AvgIpc) is 2.91. The van der Waals surface area contributed by atoms with Crippen LogP contribution in [0.25, 0.3) is 6.08 Å². The molecule has 0 bridgehead atoms. The predicted molar refractivity (Wildman–Crippen MR) is 156 cm³/mol. The van der Waals surface area contributed by atoms with Gasteiger partial charge < -0.3 is 4.74 Å². The number of aromatic nitrogens is 2. The zero-order chi connectivity index (χ0) is 30.0. The second-order valence-corrected chi connectivity index (χ2v) is 12.3. The lowest BCUT2D eigenvalue weighted by Crippen LogP contribution is -2.59. The first-order chi connectivity index (χ1) is 19.5. The van der Waals surface area contributed by atoms with E-state index in [1.165, 1.54) is 6.07 Å². The van der Waals surface area contributed by atoms with Gasteiger partial charge in [0.25, 0.3) is 15.9 Å². The summed E-state index contributed by atoms with van der Waals surface area (Å²) in [7, 11) is -4.15. The fraction of sp³-hybridized carbons (Fsp3) is 0.517. The van der Waals surface area contributed by atoms with Gasteiger partial charge in [-0.15, -0.1) is 0 Å². The highest BCUT2D eigenvalue weighted by atomic mass is 32.2. The number of sulfonamides is 1. The molecule has 1 N–H and O–H groups in total. The van der Waals surface area contributed by atoms with Crippen LogP contribution in [0, 0.1) is 19.8 Å². The minimum absolute atomic E-state index is 0.00189. The monoisotopic (exact) mass is 587 g/mol. The van der Waals surface area contributed by atoms with Crippen molar-refractivity contribution in [3.63, 3.8) is 0 Å². The summed E-state index contributed by atoms with van der Waals surface area (Å²) in [5, 5.41) is 0.995. The Morgan fingerprint density at radius 3 is 2.51 bits per heavy atom. The van der Waals surface area contributed by atoms with Crippen molar-refractivity contribution in [1.29, 1.82) is 0 Å². The molecule has 1 aromatic carbocycles. The number of carbonyl (C=O) groups excluding carboxylic acids is 2. The number of hydrogen-bond donors (Lipinski definition) is 1. The Balaban J connectivity index is 2.06.